The Labute approximate surface area is 76.4 Å². The van der Waals surface area contributed by atoms with Crippen LogP contribution >= 0.6 is 11.3 Å². The van der Waals surface area contributed by atoms with Gasteiger partial charge < -0.3 is 5.73 Å². The minimum absolute atomic E-state index is 0.148. The summed E-state index contributed by atoms with van der Waals surface area (Å²) in [5.41, 5.74) is 5.50. The standard InChI is InChI=1S/C8H13N3S/c1-3-7(11-6(2)9)8-10-4-5-12-8/h4-5,7H,3H2,1-2H3,(H2,9,11). The lowest BCUT2D eigenvalue weighted by atomic mass is 10.2. The van der Waals surface area contributed by atoms with Crippen molar-refractivity contribution in [2.75, 3.05) is 0 Å². The molecular weight excluding hydrogens is 170 g/mol. The Hall–Kier alpha value is -0.900. The molecule has 0 aromatic carbocycles. The molecule has 0 aliphatic heterocycles. The van der Waals surface area contributed by atoms with Gasteiger partial charge in [-0.25, -0.2) is 4.98 Å². The van der Waals surface area contributed by atoms with E-state index in [0.29, 0.717) is 5.84 Å². The minimum atomic E-state index is 0.148. The summed E-state index contributed by atoms with van der Waals surface area (Å²) in [5.74, 6) is 0.622. The fourth-order valence-electron chi connectivity index (χ4n) is 0.966. The number of hydrogen-bond acceptors (Lipinski definition) is 3. The van der Waals surface area contributed by atoms with E-state index in [9.17, 15) is 0 Å². The maximum Gasteiger partial charge on any atom is 0.117 e. The van der Waals surface area contributed by atoms with E-state index >= 15 is 0 Å². The number of hydrogen-bond donors (Lipinski definition) is 1. The van der Waals surface area contributed by atoms with E-state index in [4.69, 9.17) is 5.73 Å². The van der Waals surface area contributed by atoms with Crippen LogP contribution in [-0.4, -0.2) is 10.8 Å². The predicted octanol–water partition coefficient (Wildman–Crippen LogP) is 1.97. The van der Waals surface area contributed by atoms with E-state index in [1.54, 1.807) is 24.5 Å². The van der Waals surface area contributed by atoms with Crippen molar-refractivity contribution >= 4 is 17.2 Å². The molecule has 2 N–H and O–H groups in total. The number of aliphatic imine (C=N–C) groups is 1. The normalized spacial score (nSPS) is 14.7. The molecule has 0 amide bonds. The molecule has 0 saturated carbocycles. The smallest absolute Gasteiger partial charge is 0.117 e. The molecule has 12 heavy (non-hydrogen) atoms. The number of rotatable bonds is 3. The third kappa shape index (κ3) is 2.30. The third-order valence-corrected chi connectivity index (χ3v) is 2.36. The summed E-state index contributed by atoms with van der Waals surface area (Å²) in [6.07, 6.45) is 2.74. The monoisotopic (exact) mass is 183 g/mol. The van der Waals surface area contributed by atoms with Gasteiger partial charge in [-0.1, -0.05) is 6.92 Å². The molecule has 0 saturated heterocycles. The summed E-state index contributed by atoms with van der Waals surface area (Å²) in [6, 6.07) is 0.148. The fourth-order valence-corrected chi connectivity index (χ4v) is 1.73. The minimum Gasteiger partial charge on any atom is -0.388 e. The van der Waals surface area contributed by atoms with Crippen LogP contribution in [-0.2, 0) is 0 Å². The van der Waals surface area contributed by atoms with Gasteiger partial charge in [0.15, 0.2) is 0 Å². The van der Waals surface area contributed by atoms with Gasteiger partial charge in [-0.05, 0) is 13.3 Å². The van der Waals surface area contributed by atoms with Crippen LogP contribution in [0.2, 0.25) is 0 Å². The first-order valence-corrected chi connectivity index (χ1v) is 4.81. The molecule has 4 heteroatoms. The molecule has 0 aliphatic rings. The van der Waals surface area contributed by atoms with Crippen LogP contribution in [0.3, 0.4) is 0 Å². The molecule has 1 rings (SSSR count). The summed E-state index contributed by atoms with van der Waals surface area (Å²) in [4.78, 5) is 8.48. The van der Waals surface area contributed by atoms with E-state index in [0.717, 1.165) is 11.4 Å². The zero-order valence-electron chi connectivity index (χ0n) is 7.32. The van der Waals surface area contributed by atoms with Gasteiger partial charge in [-0.2, -0.15) is 0 Å². The molecule has 66 valence electrons. The quantitative estimate of drug-likeness (QED) is 0.575. The van der Waals surface area contributed by atoms with Crippen molar-refractivity contribution in [2.45, 2.75) is 26.3 Å². The predicted molar refractivity (Wildman–Crippen MR) is 52.4 cm³/mol. The molecule has 1 atom stereocenters. The van der Waals surface area contributed by atoms with Gasteiger partial charge in [0, 0.05) is 11.6 Å². The van der Waals surface area contributed by atoms with E-state index < -0.39 is 0 Å². The SMILES string of the molecule is CCC(N=C(C)N)c1nccs1. The largest absolute Gasteiger partial charge is 0.388 e. The summed E-state index contributed by atoms with van der Waals surface area (Å²) in [6.45, 7) is 3.88. The van der Waals surface area contributed by atoms with Gasteiger partial charge in [0.25, 0.3) is 0 Å². The first kappa shape index (κ1) is 9.19. The van der Waals surface area contributed by atoms with Crippen LogP contribution < -0.4 is 5.73 Å². The van der Waals surface area contributed by atoms with Crippen LogP contribution in [0, 0.1) is 0 Å². The van der Waals surface area contributed by atoms with Gasteiger partial charge in [0.2, 0.25) is 0 Å². The van der Waals surface area contributed by atoms with Gasteiger partial charge >= 0.3 is 0 Å². The molecule has 0 spiro atoms. The van der Waals surface area contributed by atoms with Gasteiger partial charge in [0.1, 0.15) is 11.0 Å². The van der Waals surface area contributed by atoms with Crippen LogP contribution in [0.5, 0.6) is 0 Å². The van der Waals surface area contributed by atoms with E-state index in [1.807, 2.05) is 5.38 Å². The molecular formula is C8H13N3S. The highest BCUT2D eigenvalue weighted by atomic mass is 32.1. The molecule has 0 bridgehead atoms. The maximum atomic E-state index is 5.50. The second-order valence-corrected chi connectivity index (χ2v) is 3.49. The van der Waals surface area contributed by atoms with Crippen LogP contribution in [0.15, 0.2) is 16.6 Å². The average Bonchev–Trinajstić information content (AvgIpc) is 2.51. The second-order valence-electron chi connectivity index (χ2n) is 2.56. The van der Waals surface area contributed by atoms with Crippen molar-refractivity contribution in [3.63, 3.8) is 0 Å². The molecule has 0 radical (unpaired) electrons. The van der Waals surface area contributed by atoms with Gasteiger partial charge in [-0.15, -0.1) is 11.3 Å². The summed E-state index contributed by atoms with van der Waals surface area (Å²) < 4.78 is 0. The highest BCUT2D eigenvalue weighted by Gasteiger charge is 2.09. The number of amidine groups is 1. The van der Waals surface area contributed by atoms with Gasteiger partial charge in [0.05, 0.1) is 5.84 Å². The highest BCUT2D eigenvalue weighted by molar-refractivity contribution is 7.09. The van der Waals surface area contributed by atoms with E-state index in [2.05, 4.69) is 16.9 Å². The third-order valence-electron chi connectivity index (χ3n) is 1.48. The molecule has 0 fully saturated rings. The molecule has 3 nitrogen and oxygen atoms in total. The molecule has 1 unspecified atom stereocenters. The first-order valence-electron chi connectivity index (χ1n) is 3.93. The van der Waals surface area contributed by atoms with Crippen molar-refractivity contribution in [1.82, 2.24) is 4.98 Å². The molecule has 1 aromatic heterocycles. The first-order chi connectivity index (χ1) is 5.74. The fraction of sp³-hybridized carbons (Fsp3) is 0.500. The van der Waals surface area contributed by atoms with Crippen LogP contribution in [0.25, 0.3) is 0 Å². The maximum absolute atomic E-state index is 5.50. The van der Waals surface area contributed by atoms with Crippen molar-refractivity contribution in [2.24, 2.45) is 10.7 Å². The summed E-state index contributed by atoms with van der Waals surface area (Å²) in [5, 5.41) is 3.00. The lowest BCUT2D eigenvalue weighted by molar-refractivity contribution is 0.694. The van der Waals surface area contributed by atoms with Crippen molar-refractivity contribution in [1.29, 1.82) is 0 Å². The van der Waals surface area contributed by atoms with Crippen molar-refractivity contribution in [3.05, 3.63) is 16.6 Å². The second kappa shape index (κ2) is 4.21. The van der Waals surface area contributed by atoms with E-state index in [-0.39, 0.29) is 6.04 Å². The Morgan fingerprint density at radius 3 is 3.00 bits per heavy atom. The Morgan fingerprint density at radius 2 is 2.58 bits per heavy atom. The number of aromatic nitrogens is 1. The number of thiazole rings is 1. The Morgan fingerprint density at radius 1 is 1.83 bits per heavy atom. The number of nitrogens with two attached hydrogens (primary N) is 1. The van der Waals surface area contributed by atoms with Crippen molar-refractivity contribution in [3.8, 4) is 0 Å². The molecule has 1 heterocycles. The highest BCUT2D eigenvalue weighted by Crippen LogP contribution is 2.22. The van der Waals surface area contributed by atoms with Gasteiger partial charge in [-0.3, -0.25) is 4.99 Å². The lowest BCUT2D eigenvalue weighted by Gasteiger charge is -2.05. The Bertz CT molecular complexity index is 249. The van der Waals surface area contributed by atoms with Crippen molar-refractivity contribution < 1.29 is 0 Å². The van der Waals surface area contributed by atoms with E-state index in [1.165, 1.54) is 0 Å². The zero-order valence-corrected chi connectivity index (χ0v) is 8.14. The number of nitrogens with zero attached hydrogens (tertiary/aromatic N) is 2. The summed E-state index contributed by atoms with van der Waals surface area (Å²) >= 11 is 1.62. The summed E-state index contributed by atoms with van der Waals surface area (Å²) in [7, 11) is 0. The Balaban J connectivity index is 2.77. The molecule has 0 aliphatic carbocycles. The molecule has 1 aromatic rings. The Kier molecular flexibility index (Phi) is 3.22. The average molecular weight is 183 g/mol. The van der Waals surface area contributed by atoms with Crippen LogP contribution in [0.1, 0.15) is 31.3 Å². The zero-order chi connectivity index (χ0) is 8.97. The van der Waals surface area contributed by atoms with Crippen LogP contribution in [0.4, 0.5) is 0 Å². The lowest BCUT2D eigenvalue weighted by Crippen LogP contribution is -2.08. The topological polar surface area (TPSA) is 51.3 Å².